The van der Waals surface area contributed by atoms with Crippen LogP contribution in [0.1, 0.15) is 16.1 Å². The number of hydrogen-bond acceptors (Lipinski definition) is 4. The molecule has 4 rings (SSSR count). The molecule has 0 fully saturated rings. The molecule has 4 aromatic rings. The van der Waals surface area contributed by atoms with Crippen molar-refractivity contribution in [1.82, 2.24) is 24.4 Å². The summed E-state index contributed by atoms with van der Waals surface area (Å²) < 4.78 is 3.65. The van der Waals surface area contributed by atoms with E-state index in [2.05, 4.69) is 36.4 Å². The molecule has 7 nitrogen and oxygen atoms in total. The Morgan fingerprint density at radius 2 is 1.96 bits per heavy atom. The normalized spacial score (nSPS) is 11.1. The van der Waals surface area contributed by atoms with Gasteiger partial charge in [0.2, 0.25) is 0 Å². The van der Waals surface area contributed by atoms with E-state index in [1.807, 2.05) is 12.1 Å². The maximum atomic E-state index is 12.6. The van der Waals surface area contributed by atoms with Gasteiger partial charge >= 0.3 is 0 Å². The quantitative estimate of drug-likeness (QED) is 0.487. The topological polar surface area (TPSA) is 77.1 Å². The molecular weight excluding hydrogens is 455 g/mol. The molecule has 1 amide bonds. The number of carbonyl (C=O) groups is 1. The van der Waals surface area contributed by atoms with Crippen molar-refractivity contribution < 1.29 is 4.79 Å². The summed E-state index contributed by atoms with van der Waals surface area (Å²) in [6, 6.07) is 9.14. The van der Waals surface area contributed by atoms with Crippen molar-refractivity contribution in [2.45, 2.75) is 6.54 Å². The first-order valence-corrected chi connectivity index (χ1v) is 9.34. The van der Waals surface area contributed by atoms with Crippen LogP contribution in [0.25, 0.3) is 5.65 Å². The molecule has 3 heterocycles. The molecule has 0 saturated carbocycles. The summed E-state index contributed by atoms with van der Waals surface area (Å²) in [5, 5.41) is 12.2. The summed E-state index contributed by atoms with van der Waals surface area (Å²) in [4.78, 5) is 16.8. The van der Waals surface area contributed by atoms with E-state index in [-0.39, 0.29) is 11.5 Å². The molecule has 0 unspecified atom stereocenters. The van der Waals surface area contributed by atoms with Gasteiger partial charge in [-0.15, -0.1) is 0 Å². The number of carbonyl (C=O) groups excluding carboxylic acids is 1. The molecular formula is C17H11BrCl2N6O. The summed E-state index contributed by atoms with van der Waals surface area (Å²) in [7, 11) is 0. The first-order valence-electron chi connectivity index (χ1n) is 7.79. The van der Waals surface area contributed by atoms with Gasteiger partial charge in [0, 0.05) is 23.6 Å². The highest BCUT2D eigenvalue weighted by Gasteiger charge is 2.20. The number of anilines is 1. The van der Waals surface area contributed by atoms with E-state index in [9.17, 15) is 4.79 Å². The van der Waals surface area contributed by atoms with Gasteiger partial charge in [0.25, 0.3) is 5.91 Å². The van der Waals surface area contributed by atoms with E-state index >= 15 is 0 Å². The second-order valence-corrected chi connectivity index (χ2v) is 7.29. The van der Waals surface area contributed by atoms with Crippen LogP contribution in [0.5, 0.6) is 0 Å². The van der Waals surface area contributed by atoms with Crippen molar-refractivity contribution >= 4 is 56.5 Å². The molecule has 0 aliphatic heterocycles. The number of aromatic nitrogens is 5. The summed E-state index contributed by atoms with van der Waals surface area (Å²) in [6.45, 7) is 0.495. The lowest BCUT2D eigenvalue weighted by atomic mass is 10.2. The van der Waals surface area contributed by atoms with E-state index < -0.39 is 5.91 Å². The van der Waals surface area contributed by atoms with E-state index in [4.69, 9.17) is 23.2 Å². The molecule has 0 aliphatic carbocycles. The fourth-order valence-corrected chi connectivity index (χ4v) is 3.38. The number of nitrogens with one attached hydrogen (secondary N) is 1. The number of hydrogen-bond donors (Lipinski definition) is 1. The van der Waals surface area contributed by atoms with E-state index in [0.29, 0.717) is 26.7 Å². The van der Waals surface area contributed by atoms with Gasteiger partial charge in [0.15, 0.2) is 17.2 Å². The lowest BCUT2D eigenvalue weighted by molar-refractivity contribution is 0.102. The molecule has 27 heavy (non-hydrogen) atoms. The number of fused-ring (bicyclic) bond motifs is 1. The molecule has 0 bridgehead atoms. The highest BCUT2D eigenvalue weighted by molar-refractivity contribution is 9.10. The highest BCUT2D eigenvalue weighted by atomic mass is 79.9. The Hall–Kier alpha value is -2.42. The molecule has 3 aromatic heterocycles. The van der Waals surface area contributed by atoms with Crippen LogP contribution in [-0.4, -0.2) is 30.3 Å². The van der Waals surface area contributed by atoms with E-state index in [0.717, 1.165) is 5.56 Å². The Bertz CT molecular complexity index is 1140. The van der Waals surface area contributed by atoms with Crippen LogP contribution in [0.3, 0.4) is 0 Å². The first-order chi connectivity index (χ1) is 13.0. The second-order valence-electron chi connectivity index (χ2n) is 5.65. The zero-order chi connectivity index (χ0) is 19.0. The van der Waals surface area contributed by atoms with Gasteiger partial charge < -0.3 is 5.32 Å². The van der Waals surface area contributed by atoms with Crippen molar-refractivity contribution in [3.63, 3.8) is 0 Å². The zero-order valence-electron chi connectivity index (χ0n) is 13.6. The van der Waals surface area contributed by atoms with Gasteiger partial charge in [-0.3, -0.25) is 9.48 Å². The van der Waals surface area contributed by atoms with E-state index in [1.54, 1.807) is 41.5 Å². The molecule has 0 aliphatic rings. The molecule has 136 valence electrons. The summed E-state index contributed by atoms with van der Waals surface area (Å²) in [6.07, 6.45) is 4.97. The minimum atomic E-state index is -0.439. The SMILES string of the molecule is O=C(Nc1nn(Cc2ccc(Cl)cc2)cc1Cl)c1nn2cccnc2c1Br. The van der Waals surface area contributed by atoms with Crippen LogP contribution in [0, 0.1) is 0 Å². The molecule has 0 atom stereocenters. The molecule has 1 aromatic carbocycles. The summed E-state index contributed by atoms with van der Waals surface area (Å²) in [5.74, 6) is -0.182. The van der Waals surface area contributed by atoms with Crippen molar-refractivity contribution in [2.24, 2.45) is 0 Å². The van der Waals surface area contributed by atoms with Crippen molar-refractivity contribution in [1.29, 1.82) is 0 Å². The fraction of sp³-hybridized carbons (Fsp3) is 0.0588. The zero-order valence-corrected chi connectivity index (χ0v) is 16.7. The molecule has 0 saturated heterocycles. The van der Waals surface area contributed by atoms with Crippen LogP contribution in [0.2, 0.25) is 10.0 Å². The van der Waals surface area contributed by atoms with Gasteiger partial charge in [0.1, 0.15) is 5.02 Å². The van der Waals surface area contributed by atoms with Crippen LogP contribution >= 0.6 is 39.1 Å². The Kier molecular flexibility index (Phi) is 4.86. The van der Waals surface area contributed by atoms with E-state index in [1.165, 1.54) is 4.52 Å². The standard InChI is InChI=1S/C17H11BrCl2N6O/c18-13-14(23-26-7-1-6-21-16(13)26)17(27)22-15-12(20)9-25(24-15)8-10-2-4-11(19)5-3-10/h1-7,9H,8H2,(H,22,24,27). The molecule has 0 radical (unpaired) electrons. The Morgan fingerprint density at radius 3 is 2.70 bits per heavy atom. The monoisotopic (exact) mass is 464 g/mol. The number of amides is 1. The predicted molar refractivity (Wildman–Crippen MR) is 106 cm³/mol. The number of rotatable bonds is 4. The maximum absolute atomic E-state index is 12.6. The summed E-state index contributed by atoms with van der Waals surface area (Å²) in [5.41, 5.74) is 1.74. The van der Waals surface area contributed by atoms with Crippen molar-refractivity contribution in [3.8, 4) is 0 Å². The Morgan fingerprint density at radius 1 is 1.19 bits per heavy atom. The summed E-state index contributed by atoms with van der Waals surface area (Å²) >= 11 is 15.5. The van der Waals surface area contributed by atoms with Gasteiger partial charge in [-0.2, -0.15) is 10.2 Å². The molecule has 0 spiro atoms. The maximum Gasteiger partial charge on any atom is 0.278 e. The third kappa shape index (κ3) is 3.69. The van der Waals surface area contributed by atoms with Gasteiger partial charge in [-0.25, -0.2) is 9.50 Å². The smallest absolute Gasteiger partial charge is 0.278 e. The van der Waals surface area contributed by atoms with Crippen LogP contribution < -0.4 is 5.32 Å². The number of benzene rings is 1. The predicted octanol–water partition coefficient (Wildman–Crippen LogP) is 4.30. The average Bonchev–Trinajstić information content (AvgIpc) is 3.17. The second kappa shape index (κ2) is 7.30. The lowest BCUT2D eigenvalue weighted by Gasteiger charge is -2.02. The minimum Gasteiger partial charge on any atom is -0.302 e. The van der Waals surface area contributed by atoms with Gasteiger partial charge in [-0.05, 0) is 39.7 Å². The van der Waals surface area contributed by atoms with Gasteiger partial charge in [0.05, 0.1) is 11.0 Å². The average molecular weight is 466 g/mol. The number of nitrogens with zero attached hydrogens (tertiary/aromatic N) is 5. The lowest BCUT2D eigenvalue weighted by Crippen LogP contribution is -2.14. The van der Waals surface area contributed by atoms with Crippen molar-refractivity contribution in [3.05, 3.63) is 74.7 Å². The largest absolute Gasteiger partial charge is 0.302 e. The van der Waals surface area contributed by atoms with Crippen LogP contribution in [-0.2, 0) is 6.54 Å². The molecule has 1 N–H and O–H groups in total. The molecule has 10 heteroatoms. The fourth-order valence-electron chi connectivity index (χ4n) is 2.51. The Labute approximate surface area is 172 Å². The third-order valence-electron chi connectivity index (χ3n) is 3.76. The Balaban J connectivity index is 1.55. The third-order valence-corrected chi connectivity index (χ3v) is 5.02. The highest BCUT2D eigenvalue weighted by Crippen LogP contribution is 2.24. The van der Waals surface area contributed by atoms with Crippen LogP contribution in [0.15, 0.2) is 53.4 Å². The minimum absolute atomic E-state index is 0.192. The van der Waals surface area contributed by atoms with Crippen LogP contribution in [0.4, 0.5) is 5.82 Å². The van der Waals surface area contributed by atoms with Crippen molar-refractivity contribution in [2.75, 3.05) is 5.32 Å². The first kappa shape index (κ1) is 18.0. The van der Waals surface area contributed by atoms with Gasteiger partial charge in [-0.1, -0.05) is 35.3 Å². The number of halogens is 3.